The summed E-state index contributed by atoms with van der Waals surface area (Å²) in [5.41, 5.74) is 1.41. The van der Waals surface area contributed by atoms with Crippen LogP contribution in [0.2, 0.25) is 0 Å². The molecule has 118 valence electrons. The van der Waals surface area contributed by atoms with Crippen molar-refractivity contribution in [2.45, 2.75) is 51.7 Å². The summed E-state index contributed by atoms with van der Waals surface area (Å²) >= 11 is 0. The number of aliphatic hydroxyl groups excluding tert-OH is 1. The molecule has 1 aliphatic heterocycles. The zero-order valence-corrected chi connectivity index (χ0v) is 13.5. The van der Waals surface area contributed by atoms with Gasteiger partial charge in [0.25, 0.3) is 0 Å². The van der Waals surface area contributed by atoms with Crippen molar-refractivity contribution in [3.63, 3.8) is 0 Å². The lowest BCUT2D eigenvalue weighted by molar-refractivity contribution is 0.135. The van der Waals surface area contributed by atoms with Crippen LogP contribution in [0.25, 0.3) is 0 Å². The van der Waals surface area contributed by atoms with Crippen molar-refractivity contribution >= 4 is 0 Å². The minimum absolute atomic E-state index is 0.286. The Morgan fingerprint density at radius 1 is 1.19 bits per heavy atom. The molecule has 0 aliphatic carbocycles. The first kappa shape index (κ1) is 16.5. The summed E-state index contributed by atoms with van der Waals surface area (Å²) in [6.07, 6.45) is 3.34. The van der Waals surface area contributed by atoms with E-state index >= 15 is 0 Å². The molecule has 1 heterocycles. The number of aliphatic hydroxyl groups is 1. The number of nitrogens with one attached hydrogen (secondary N) is 1. The van der Waals surface area contributed by atoms with E-state index in [1.165, 1.54) is 31.5 Å². The van der Waals surface area contributed by atoms with Crippen molar-refractivity contribution in [3.8, 4) is 0 Å². The van der Waals surface area contributed by atoms with Crippen molar-refractivity contribution in [3.05, 3.63) is 35.9 Å². The standard InChI is InChI=1S/C18H30N2O/c1-15(2)19-18(10-13-21)17-8-11-20(12-9-17)14-16-6-4-3-5-7-16/h3-7,15,17-19,21H,8-14H2,1-2H3/t18-/m0/s1. The monoisotopic (exact) mass is 290 g/mol. The maximum Gasteiger partial charge on any atom is 0.0445 e. The SMILES string of the molecule is CC(C)N[C@@H](CCO)C1CCN(Cc2ccccc2)CC1. The number of nitrogens with zero attached hydrogens (tertiary/aromatic N) is 1. The van der Waals surface area contributed by atoms with E-state index < -0.39 is 0 Å². The van der Waals surface area contributed by atoms with Gasteiger partial charge in [0.1, 0.15) is 0 Å². The summed E-state index contributed by atoms with van der Waals surface area (Å²) in [4.78, 5) is 2.55. The van der Waals surface area contributed by atoms with Crippen LogP contribution in [0.4, 0.5) is 0 Å². The van der Waals surface area contributed by atoms with Gasteiger partial charge in [-0.2, -0.15) is 0 Å². The third kappa shape index (κ3) is 5.42. The highest BCUT2D eigenvalue weighted by Gasteiger charge is 2.26. The van der Waals surface area contributed by atoms with Crippen LogP contribution in [0.5, 0.6) is 0 Å². The Balaban J connectivity index is 1.81. The second-order valence-electron chi connectivity index (χ2n) is 6.54. The number of hydrogen-bond donors (Lipinski definition) is 2. The molecule has 3 heteroatoms. The van der Waals surface area contributed by atoms with Crippen molar-refractivity contribution in [1.82, 2.24) is 10.2 Å². The van der Waals surface area contributed by atoms with Crippen LogP contribution in [-0.4, -0.2) is 41.8 Å². The van der Waals surface area contributed by atoms with Crippen molar-refractivity contribution in [2.24, 2.45) is 5.92 Å². The number of benzene rings is 1. The van der Waals surface area contributed by atoms with Gasteiger partial charge in [0.15, 0.2) is 0 Å². The molecule has 2 rings (SSSR count). The Morgan fingerprint density at radius 2 is 1.86 bits per heavy atom. The molecule has 0 saturated carbocycles. The molecule has 1 aromatic carbocycles. The molecule has 1 aromatic rings. The highest BCUT2D eigenvalue weighted by molar-refractivity contribution is 5.14. The summed E-state index contributed by atoms with van der Waals surface area (Å²) in [5, 5.41) is 12.9. The molecule has 0 unspecified atom stereocenters. The lowest BCUT2D eigenvalue weighted by Crippen LogP contribution is -2.45. The number of rotatable bonds is 7. The van der Waals surface area contributed by atoms with Gasteiger partial charge in [0.2, 0.25) is 0 Å². The Morgan fingerprint density at radius 3 is 2.43 bits per heavy atom. The van der Waals surface area contributed by atoms with Crippen LogP contribution in [0.15, 0.2) is 30.3 Å². The van der Waals surface area contributed by atoms with Gasteiger partial charge >= 0.3 is 0 Å². The summed E-state index contributed by atoms with van der Waals surface area (Å²) < 4.78 is 0. The highest BCUT2D eigenvalue weighted by atomic mass is 16.3. The maximum atomic E-state index is 9.28. The normalized spacial score (nSPS) is 19.0. The summed E-state index contributed by atoms with van der Waals surface area (Å²) in [5.74, 6) is 0.701. The smallest absolute Gasteiger partial charge is 0.0445 e. The molecular weight excluding hydrogens is 260 g/mol. The molecule has 0 aromatic heterocycles. The zero-order valence-electron chi connectivity index (χ0n) is 13.5. The molecule has 2 N–H and O–H groups in total. The fourth-order valence-electron chi connectivity index (χ4n) is 3.38. The molecule has 0 amide bonds. The lowest BCUT2D eigenvalue weighted by atomic mass is 9.87. The molecule has 1 aliphatic rings. The van der Waals surface area contributed by atoms with Gasteiger partial charge in [0, 0.05) is 25.2 Å². The van der Waals surface area contributed by atoms with Gasteiger partial charge in [-0.15, -0.1) is 0 Å². The first-order chi connectivity index (χ1) is 10.2. The van der Waals surface area contributed by atoms with Gasteiger partial charge in [-0.25, -0.2) is 0 Å². The van der Waals surface area contributed by atoms with Crippen LogP contribution < -0.4 is 5.32 Å². The Hall–Kier alpha value is -0.900. The number of likely N-dealkylation sites (tertiary alicyclic amines) is 1. The molecule has 1 atom stereocenters. The number of piperidine rings is 1. The van der Waals surface area contributed by atoms with E-state index in [1.54, 1.807) is 0 Å². The lowest BCUT2D eigenvalue weighted by Gasteiger charge is -2.37. The molecule has 1 fully saturated rings. The quantitative estimate of drug-likeness (QED) is 0.810. The second-order valence-corrected chi connectivity index (χ2v) is 6.54. The largest absolute Gasteiger partial charge is 0.396 e. The van der Waals surface area contributed by atoms with Gasteiger partial charge < -0.3 is 10.4 Å². The van der Waals surface area contributed by atoms with Gasteiger partial charge in [-0.05, 0) is 43.8 Å². The molecular formula is C18H30N2O. The molecule has 0 spiro atoms. The summed E-state index contributed by atoms with van der Waals surface area (Å²) in [6, 6.07) is 11.7. The fourth-order valence-corrected chi connectivity index (χ4v) is 3.38. The van der Waals surface area contributed by atoms with Crippen LogP contribution in [0, 0.1) is 5.92 Å². The van der Waals surface area contributed by atoms with Gasteiger partial charge in [-0.1, -0.05) is 44.2 Å². The second kappa shape index (κ2) is 8.52. The third-order valence-corrected chi connectivity index (χ3v) is 4.44. The summed E-state index contributed by atoms with van der Waals surface area (Å²) in [6.45, 7) is 8.07. The number of hydrogen-bond acceptors (Lipinski definition) is 3. The third-order valence-electron chi connectivity index (χ3n) is 4.44. The Bertz CT molecular complexity index is 385. The molecule has 3 nitrogen and oxygen atoms in total. The Labute approximate surface area is 129 Å². The molecule has 1 saturated heterocycles. The van der Waals surface area contributed by atoms with Crippen molar-refractivity contribution < 1.29 is 5.11 Å². The first-order valence-electron chi connectivity index (χ1n) is 8.32. The first-order valence-corrected chi connectivity index (χ1v) is 8.32. The summed E-state index contributed by atoms with van der Waals surface area (Å²) in [7, 11) is 0. The average molecular weight is 290 g/mol. The molecule has 0 radical (unpaired) electrons. The molecule has 21 heavy (non-hydrogen) atoms. The van der Waals surface area contributed by atoms with Crippen LogP contribution in [0.3, 0.4) is 0 Å². The van der Waals surface area contributed by atoms with Crippen LogP contribution >= 0.6 is 0 Å². The van der Waals surface area contributed by atoms with E-state index in [0.29, 0.717) is 18.0 Å². The maximum absolute atomic E-state index is 9.28. The van der Waals surface area contributed by atoms with E-state index in [9.17, 15) is 5.11 Å². The van der Waals surface area contributed by atoms with E-state index in [2.05, 4.69) is 54.4 Å². The predicted octanol–water partition coefficient (Wildman–Crippen LogP) is 2.65. The van der Waals surface area contributed by atoms with E-state index in [-0.39, 0.29) is 6.61 Å². The highest BCUT2D eigenvalue weighted by Crippen LogP contribution is 2.24. The predicted molar refractivity (Wildman–Crippen MR) is 88.2 cm³/mol. The molecule has 0 bridgehead atoms. The van der Waals surface area contributed by atoms with E-state index in [0.717, 1.165) is 13.0 Å². The van der Waals surface area contributed by atoms with Crippen LogP contribution in [0.1, 0.15) is 38.7 Å². The van der Waals surface area contributed by atoms with Gasteiger partial charge in [0.05, 0.1) is 0 Å². The Kier molecular flexibility index (Phi) is 6.68. The minimum atomic E-state index is 0.286. The van der Waals surface area contributed by atoms with Crippen molar-refractivity contribution in [2.75, 3.05) is 19.7 Å². The fraction of sp³-hybridized carbons (Fsp3) is 0.667. The zero-order chi connectivity index (χ0) is 15.1. The van der Waals surface area contributed by atoms with Crippen LogP contribution in [-0.2, 0) is 6.54 Å². The van der Waals surface area contributed by atoms with E-state index in [1.807, 2.05) is 0 Å². The van der Waals surface area contributed by atoms with E-state index in [4.69, 9.17) is 0 Å². The topological polar surface area (TPSA) is 35.5 Å². The van der Waals surface area contributed by atoms with Crippen molar-refractivity contribution in [1.29, 1.82) is 0 Å². The van der Waals surface area contributed by atoms with Gasteiger partial charge in [-0.3, -0.25) is 4.90 Å². The minimum Gasteiger partial charge on any atom is -0.396 e. The average Bonchev–Trinajstić information content (AvgIpc) is 2.48.